The first-order valence-electron chi connectivity index (χ1n) is 7.27. The molecule has 1 N–H and O–H groups in total. The van der Waals surface area contributed by atoms with Crippen LogP contribution >= 0.6 is 0 Å². The van der Waals surface area contributed by atoms with Crippen molar-refractivity contribution in [1.29, 1.82) is 0 Å². The minimum atomic E-state index is 0.179. The summed E-state index contributed by atoms with van der Waals surface area (Å²) in [5.41, 5.74) is 3.64. The van der Waals surface area contributed by atoms with E-state index in [4.69, 9.17) is 0 Å². The van der Waals surface area contributed by atoms with Crippen LogP contribution in [0, 0.1) is 14.0 Å². The Morgan fingerprint density at radius 3 is 2.80 bits per heavy atom. The number of hydrogen-bond donors (Lipinski definition) is 1. The van der Waals surface area contributed by atoms with Gasteiger partial charge in [0.1, 0.15) is 0 Å². The van der Waals surface area contributed by atoms with E-state index in [1.54, 1.807) is 0 Å². The van der Waals surface area contributed by atoms with Crippen molar-refractivity contribution in [2.24, 2.45) is 0 Å². The second-order valence-electron chi connectivity index (χ2n) is 6.46. The van der Waals surface area contributed by atoms with E-state index in [0.29, 0.717) is 0 Å². The van der Waals surface area contributed by atoms with Crippen LogP contribution < -0.4 is 9.80 Å². The van der Waals surface area contributed by atoms with Gasteiger partial charge in [-0.15, -0.1) is 0 Å². The normalized spacial score (nSPS) is 22.2. The van der Waals surface area contributed by atoms with Crippen molar-refractivity contribution >= 4 is 16.6 Å². The number of rotatable bonds is 1. The number of pyridine rings is 1. The maximum Gasteiger partial charge on any atom is 0.0858 e. The molecule has 0 radical (unpaired) electrons. The first-order chi connectivity index (χ1) is 9.47. The summed E-state index contributed by atoms with van der Waals surface area (Å²) in [6, 6.07) is 10.7. The molecule has 1 aromatic heterocycles. The van der Waals surface area contributed by atoms with Gasteiger partial charge in [0.25, 0.3) is 0 Å². The molecule has 0 bridgehead atoms. The van der Waals surface area contributed by atoms with Crippen LogP contribution in [0.2, 0.25) is 0 Å². The third-order valence-corrected chi connectivity index (χ3v) is 4.42. The standard InChI is InChI=1S/C17H23N3/c1-13-8-9-14-15(18-13)6-5-7-16(14)20-11-10-19(4)17(2,3)12-20/h5-9,19H,4,10-12H2,1-3H3. The molecule has 3 heteroatoms. The number of benzene rings is 1. The average molecular weight is 269 g/mol. The second kappa shape index (κ2) is 4.74. The van der Waals surface area contributed by atoms with Gasteiger partial charge >= 0.3 is 0 Å². The highest BCUT2D eigenvalue weighted by molar-refractivity contribution is 5.92. The van der Waals surface area contributed by atoms with E-state index < -0.39 is 0 Å². The zero-order chi connectivity index (χ0) is 14.3. The highest BCUT2D eigenvalue weighted by Gasteiger charge is 2.32. The molecular weight excluding hydrogens is 246 g/mol. The number of quaternary nitrogens is 1. The fraction of sp³-hybridized carbons (Fsp3) is 0.412. The Bertz CT molecular complexity index is 633. The van der Waals surface area contributed by atoms with Crippen LogP contribution in [0.25, 0.3) is 10.9 Å². The van der Waals surface area contributed by atoms with Crippen LogP contribution in [-0.2, 0) is 0 Å². The fourth-order valence-corrected chi connectivity index (χ4v) is 3.00. The minimum Gasteiger partial charge on any atom is -0.460 e. The number of aromatic nitrogens is 1. The summed E-state index contributed by atoms with van der Waals surface area (Å²) in [7, 11) is 4.23. The third kappa shape index (κ3) is 2.27. The van der Waals surface area contributed by atoms with Crippen LogP contribution in [0.5, 0.6) is 0 Å². The number of nitrogens with one attached hydrogen (secondary N) is 1. The quantitative estimate of drug-likeness (QED) is 0.797. The van der Waals surface area contributed by atoms with Gasteiger partial charge in [0, 0.05) is 16.8 Å². The maximum atomic E-state index is 4.64. The van der Waals surface area contributed by atoms with Gasteiger partial charge in [-0.05, 0) is 45.0 Å². The smallest absolute Gasteiger partial charge is 0.0858 e. The summed E-state index contributed by atoms with van der Waals surface area (Å²) in [6.07, 6.45) is 0. The van der Waals surface area contributed by atoms with E-state index in [1.165, 1.54) is 16.0 Å². The number of nitrogens with zero attached hydrogens (tertiary/aromatic N) is 2. The molecule has 1 atom stereocenters. The van der Waals surface area contributed by atoms with Crippen molar-refractivity contribution in [1.82, 2.24) is 4.98 Å². The molecular formula is C17H23N3. The van der Waals surface area contributed by atoms with Gasteiger partial charge in [0.05, 0.1) is 30.7 Å². The molecule has 0 saturated carbocycles. The Morgan fingerprint density at radius 2 is 2.05 bits per heavy atom. The molecule has 1 fully saturated rings. The third-order valence-electron chi connectivity index (χ3n) is 4.42. The van der Waals surface area contributed by atoms with E-state index in [2.05, 4.69) is 61.1 Å². The Labute approximate surface area is 121 Å². The van der Waals surface area contributed by atoms with Crippen molar-refractivity contribution in [2.45, 2.75) is 26.3 Å². The lowest BCUT2D eigenvalue weighted by molar-refractivity contribution is -0.906. The lowest BCUT2D eigenvalue weighted by Gasteiger charge is -2.47. The Balaban J connectivity index is 2.02. The lowest BCUT2D eigenvalue weighted by atomic mass is 9.98. The average Bonchev–Trinajstić information content (AvgIpc) is 2.41. The van der Waals surface area contributed by atoms with Crippen molar-refractivity contribution in [3.05, 3.63) is 43.1 Å². The molecule has 1 saturated heterocycles. The van der Waals surface area contributed by atoms with Crippen LogP contribution in [0.3, 0.4) is 0 Å². The van der Waals surface area contributed by atoms with E-state index in [9.17, 15) is 0 Å². The first kappa shape index (κ1) is 13.4. The molecule has 1 unspecified atom stereocenters. The number of aryl methyl sites for hydroxylation is 1. The number of hydrogen-bond acceptors (Lipinski definition) is 2. The van der Waals surface area contributed by atoms with Crippen LogP contribution in [0.4, 0.5) is 5.69 Å². The summed E-state index contributed by atoms with van der Waals surface area (Å²) in [6.45, 7) is 9.76. The molecule has 2 aromatic rings. The van der Waals surface area contributed by atoms with Crippen molar-refractivity contribution in [3.63, 3.8) is 0 Å². The van der Waals surface area contributed by atoms with E-state index in [-0.39, 0.29) is 5.54 Å². The van der Waals surface area contributed by atoms with Crippen molar-refractivity contribution in [3.8, 4) is 0 Å². The zero-order valence-corrected chi connectivity index (χ0v) is 12.6. The summed E-state index contributed by atoms with van der Waals surface area (Å²) in [5.74, 6) is 0. The first-order valence-corrected chi connectivity index (χ1v) is 7.27. The SMILES string of the molecule is [CH2-][NH+]1CCN(c2cccc3nc(C)ccc23)CC1(C)C. The molecule has 106 valence electrons. The van der Waals surface area contributed by atoms with Gasteiger partial charge < -0.3 is 9.80 Å². The molecule has 0 amide bonds. The van der Waals surface area contributed by atoms with E-state index in [0.717, 1.165) is 30.8 Å². The van der Waals surface area contributed by atoms with E-state index >= 15 is 0 Å². The molecule has 1 aliphatic rings. The predicted molar refractivity (Wildman–Crippen MR) is 84.0 cm³/mol. The van der Waals surface area contributed by atoms with Crippen LogP contribution in [0.15, 0.2) is 30.3 Å². The van der Waals surface area contributed by atoms with E-state index in [1.807, 2.05) is 6.92 Å². The monoisotopic (exact) mass is 269 g/mol. The Morgan fingerprint density at radius 1 is 1.25 bits per heavy atom. The topological polar surface area (TPSA) is 20.6 Å². The number of piperazine rings is 1. The second-order valence-corrected chi connectivity index (χ2v) is 6.46. The largest absolute Gasteiger partial charge is 0.460 e. The summed E-state index contributed by atoms with van der Waals surface area (Å²) < 4.78 is 0. The molecule has 1 aliphatic heterocycles. The van der Waals surface area contributed by atoms with Gasteiger partial charge in [0.2, 0.25) is 0 Å². The summed E-state index contributed by atoms with van der Waals surface area (Å²) >= 11 is 0. The minimum absolute atomic E-state index is 0.179. The molecule has 20 heavy (non-hydrogen) atoms. The van der Waals surface area contributed by atoms with Gasteiger partial charge in [0.15, 0.2) is 0 Å². The van der Waals surface area contributed by atoms with Gasteiger partial charge in [-0.1, -0.05) is 6.07 Å². The van der Waals surface area contributed by atoms with Crippen LogP contribution in [0.1, 0.15) is 19.5 Å². The molecule has 3 rings (SSSR count). The molecule has 2 heterocycles. The molecule has 0 aliphatic carbocycles. The molecule has 3 nitrogen and oxygen atoms in total. The summed E-state index contributed by atoms with van der Waals surface area (Å²) in [5, 5.41) is 1.25. The van der Waals surface area contributed by atoms with Crippen molar-refractivity contribution in [2.75, 3.05) is 24.5 Å². The Hall–Kier alpha value is -1.61. The maximum absolute atomic E-state index is 4.64. The lowest BCUT2D eigenvalue weighted by Crippen LogP contribution is -3.18. The fourth-order valence-electron chi connectivity index (χ4n) is 3.00. The summed E-state index contributed by atoms with van der Waals surface area (Å²) in [4.78, 5) is 8.48. The van der Waals surface area contributed by atoms with Gasteiger partial charge in [-0.3, -0.25) is 4.98 Å². The van der Waals surface area contributed by atoms with Crippen molar-refractivity contribution < 1.29 is 4.90 Å². The van der Waals surface area contributed by atoms with Gasteiger partial charge in [-0.2, -0.15) is 7.05 Å². The zero-order valence-electron chi connectivity index (χ0n) is 12.6. The number of anilines is 1. The highest BCUT2D eigenvalue weighted by atomic mass is 15.3. The molecule has 0 spiro atoms. The Kier molecular flexibility index (Phi) is 3.17. The molecule has 1 aromatic carbocycles. The highest BCUT2D eigenvalue weighted by Crippen LogP contribution is 2.27. The van der Waals surface area contributed by atoms with Crippen LogP contribution in [-0.4, -0.2) is 30.2 Å². The van der Waals surface area contributed by atoms with Gasteiger partial charge in [-0.25, -0.2) is 0 Å². The number of fused-ring (bicyclic) bond motifs is 1. The predicted octanol–water partition coefficient (Wildman–Crippen LogP) is 1.82.